The van der Waals surface area contributed by atoms with E-state index in [-0.39, 0.29) is 30.0 Å². The smallest absolute Gasteiger partial charge is 0.384 e. The molecule has 2 fully saturated rings. The monoisotopic (exact) mass is 584 g/mol. The van der Waals surface area contributed by atoms with Gasteiger partial charge in [-0.05, 0) is 74.1 Å². The normalized spacial score (nSPS) is 23.0. The van der Waals surface area contributed by atoms with Crippen molar-refractivity contribution in [3.63, 3.8) is 0 Å². The number of pyridine rings is 1. The topological polar surface area (TPSA) is 94.6 Å². The van der Waals surface area contributed by atoms with E-state index in [1.165, 1.54) is 18.2 Å². The lowest BCUT2D eigenvalue weighted by atomic mass is 9.79. The predicted octanol–water partition coefficient (Wildman–Crippen LogP) is 4.66. The molecule has 1 aliphatic heterocycles. The van der Waals surface area contributed by atoms with E-state index in [1.807, 2.05) is 12.1 Å². The summed E-state index contributed by atoms with van der Waals surface area (Å²) in [5.74, 6) is -1.46. The summed E-state index contributed by atoms with van der Waals surface area (Å²) >= 11 is 0. The van der Waals surface area contributed by atoms with Crippen LogP contribution in [0.5, 0.6) is 0 Å². The Hall–Kier alpha value is -3.83. The molecule has 0 bridgehead atoms. The largest absolute Gasteiger partial charge is 0.416 e. The van der Waals surface area contributed by atoms with E-state index < -0.39 is 29.2 Å². The van der Waals surface area contributed by atoms with Crippen molar-refractivity contribution in [2.75, 3.05) is 19.6 Å². The lowest BCUT2D eigenvalue weighted by Crippen LogP contribution is -2.45. The third-order valence-electron chi connectivity index (χ3n) is 8.16. The Bertz CT molecular complexity index is 1400. The van der Waals surface area contributed by atoms with Crippen LogP contribution in [-0.2, 0) is 16.6 Å². The molecule has 3 N–H and O–H groups in total. The third kappa shape index (κ3) is 6.96. The average molecular weight is 585 g/mol. The van der Waals surface area contributed by atoms with Crippen LogP contribution in [0.3, 0.4) is 0 Å². The molecular formula is C31H32F4N4O3. The first kappa shape index (κ1) is 29.7. The number of aromatic nitrogens is 1. The number of alkyl halides is 3. The molecule has 11 heteroatoms. The molecule has 1 atom stereocenters. The van der Waals surface area contributed by atoms with Crippen LogP contribution in [0, 0.1) is 5.82 Å². The molecule has 1 aromatic heterocycles. The van der Waals surface area contributed by atoms with Gasteiger partial charge in [-0.3, -0.25) is 19.5 Å². The quantitative estimate of drug-likeness (QED) is 0.352. The standard InChI is InChI=1S/C31H32F4N4O3/c32-24-7-4-20(5-8-24)22-6-9-27(36-17-22)30(42)13-10-26(11-14-30)39-15-12-25(19-39)38-28(40)18-37-29(41)21-2-1-3-23(16-21)31(33,34)35/h1-9,16-17,25-26,42H,10-15,18-19H2,(H,37,41)(H,38,40)/t25-,26?,30?/m1/s1. The lowest BCUT2D eigenvalue weighted by molar-refractivity contribution is -0.137. The summed E-state index contributed by atoms with van der Waals surface area (Å²) < 4.78 is 51.9. The second-order valence-electron chi connectivity index (χ2n) is 11.0. The van der Waals surface area contributed by atoms with Gasteiger partial charge in [0, 0.05) is 42.5 Å². The summed E-state index contributed by atoms with van der Waals surface area (Å²) in [6, 6.07) is 14.1. The molecular weight excluding hydrogens is 552 g/mol. The van der Waals surface area contributed by atoms with Crippen LogP contribution >= 0.6 is 0 Å². The first-order valence-electron chi connectivity index (χ1n) is 13.9. The SMILES string of the molecule is O=C(CNC(=O)c1cccc(C(F)(F)F)c1)N[C@@H]1CCN(C2CCC(O)(c3ccc(-c4ccc(F)cc4)cn3)CC2)C1. The molecule has 7 nitrogen and oxygen atoms in total. The molecule has 2 heterocycles. The van der Waals surface area contributed by atoms with Crippen molar-refractivity contribution in [2.24, 2.45) is 0 Å². The number of likely N-dealkylation sites (tertiary alicyclic amines) is 1. The number of carbonyl (C=O) groups excluding carboxylic acids is 2. The van der Waals surface area contributed by atoms with Crippen LogP contribution in [-0.4, -0.2) is 58.5 Å². The molecule has 1 aliphatic carbocycles. The number of hydrogen-bond donors (Lipinski definition) is 3. The molecule has 5 rings (SSSR count). The molecule has 1 saturated carbocycles. The summed E-state index contributed by atoms with van der Waals surface area (Å²) in [4.78, 5) is 31.5. The second kappa shape index (κ2) is 12.2. The van der Waals surface area contributed by atoms with E-state index in [2.05, 4.69) is 20.5 Å². The maximum Gasteiger partial charge on any atom is 0.416 e. The minimum atomic E-state index is -4.56. The van der Waals surface area contributed by atoms with Gasteiger partial charge in [0.2, 0.25) is 5.91 Å². The van der Waals surface area contributed by atoms with E-state index in [9.17, 15) is 32.3 Å². The summed E-state index contributed by atoms with van der Waals surface area (Å²) in [7, 11) is 0. The third-order valence-corrected chi connectivity index (χ3v) is 8.16. The van der Waals surface area contributed by atoms with E-state index in [0.29, 0.717) is 25.1 Å². The van der Waals surface area contributed by atoms with Gasteiger partial charge in [-0.25, -0.2) is 4.39 Å². The van der Waals surface area contributed by atoms with Crippen molar-refractivity contribution < 1.29 is 32.3 Å². The highest BCUT2D eigenvalue weighted by atomic mass is 19.4. The Morgan fingerprint density at radius 3 is 2.38 bits per heavy atom. The summed E-state index contributed by atoms with van der Waals surface area (Å²) in [6.07, 6.45) is 0.513. The molecule has 222 valence electrons. The molecule has 2 aliphatic rings. The highest BCUT2D eigenvalue weighted by molar-refractivity contribution is 5.96. The zero-order valence-electron chi connectivity index (χ0n) is 22.8. The van der Waals surface area contributed by atoms with Crippen molar-refractivity contribution in [1.29, 1.82) is 0 Å². The zero-order valence-corrected chi connectivity index (χ0v) is 22.8. The summed E-state index contributed by atoms with van der Waals surface area (Å²) in [6.45, 7) is 1.09. The Morgan fingerprint density at radius 1 is 1.00 bits per heavy atom. The highest BCUT2D eigenvalue weighted by Crippen LogP contribution is 2.39. The lowest BCUT2D eigenvalue weighted by Gasteiger charge is -2.39. The van der Waals surface area contributed by atoms with Crippen molar-refractivity contribution in [1.82, 2.24) is 20.5 Å². The first-order valence-corrected chi connectivity index (χ1v) is 13.9. The molecule has 0 spiro atoms. The minimum Gasteiger partial charge on any atom is -0.384 e. The maximum absolute atomic E-state index is 13.2. The van der Waals surface area contributed by atoms with Gasteiger partial charge in [0.1, 0.15) is 11.4 Å². The van der Waals surface area contributed by atoms with Crippen molar-refractivity contribution >= 4 is 11.8 Å². The number of carbonyl (C=O) groups is 2. The Labute approximate surface area is 241 Å². The fourth-order valence-corrected chi connectivity index (χ4v) is 5.80. The Balaban J connectivity index is 1.07. The number of hydrogen-bond acceptors (Lipinski definition) is 5. The minimum absolute atomic E-state index is 0.107. The molecule has 2 aromatic carbocycles. The van der Waals surface area contributed by atoms with Crippen molar-refractivity contribution in [3.8, 4) is 11.1 Å². The van der Waals surface area contributed by atoms with Gasteiger partial charge in [0.05, 0.1) is 17.8 Å². The van der Waals surface area contributed by atoms with Gasteiger partial charge >= 0.3 is 6.18 Å². The van der Waals surface area contributed by atoms with Gasteiger partial charge in [-0.1, -0.05) is 24.3 Å². The summed E-state index contributed by atoms with van der Waals surface area (Å²) in [5, 5.41) is 16.6. The Kier molecular flexibility index (Phi) is 8.60. The number of rotatable bonds is 7. The average Bonchev–Trinajstić information content (AvgIpc) is 3.44. The van der Waals surface area contributed by atoms with Crippen LogP contribution in [0.2, 0.25) is 0 Å². The van der Waals surface area contributed by atoms with Gasteiger partial charge < -0.3 is 15.7 Å². The van der Waals surface area contributed by atoms with Gasteiger partial charge in [0.15, 0.2) is 0 Å². The van der Waals surface area contributed by atoms with E-state index >= 15 is 0 Å². The number of benzene rings is 2. The van der Waals surface area contributed by atoms with Crippen molar-refractivity contribution in [3.05, 3.63) is 89.5 Å². The van der Waals surface area contributed by atoms with Crippen LogP contribution < -0.4 is 10.6 Å². The van der Waals surface area contributed by atoms with Gasteiger partial charge in [-0.15, -0.1) is 0 Å². The number of amides is 2. The Morgan fingerprint density at radius 2 is 1.71 bits per heavy atom. The number of aliphatic hydroxyl groups is 1. The number of nitrogens with one attached hydrogen (secondary N) is 2. The fraction of sp³-hybridized carbons (Fsp3) is 0.387. The second-order valence-corrected chi connectivity index (χ2v) is 11.0. The molecule has 2 amide bonds. The van der Waals surface area contributed by atoms with Gasteiger partial charge in [0.25, 0.3) is 5.91 Å². The molecule has 3 aromatic rings. The van der Waals surface area contributed by atoms with E-state index in [4.69, 9.17) is 0 Å². The number of nitrogens with zero attached hydrogens (tertiary/aromatic N) is 2. The van der Waals surface area contributed by atoms with E-state index in [0.717, 1.165) is 55.1 Å². The van der Waals surface area contributed by atoms with Crippen LogP contribution in [0.15, 0.2) is 66.9 Å². The molecule has 0 unspecified atom stereocenters. The van der Waals surface area contributed by atoms with Gasteiger partial charge in [-0.2, -0.15) is 13.2 Å². The zero-order chi connectivity index (χ0) is 29.9. The molecule has 1 saturated heterocycles. The summed E-state index contributed by atoms with van der Waals surface area (Å²) in [5.41, 5.74) is 0.189. The fourth-order valence-electron chi connectivity index (χ4n) is 5.80. The molecule has 42 heavy (non-hydrogen) atoms. The van der Waals surface area contributed by atoms with Crippen molar-refractivity contribution in [2.45, 2.75) is 56.0 Å². The first-order chi connectivity index (χ1) is 20.0. The van der Waals surface area contributed by atoms with Crippen LogP contribution in [0.4, 0.5) is 17.6 Å². The van der Waals surface area contributed by atoms with E-state index in [1.54, 1.807) is 18.3 Å². The maximum atomic E-state index is 13.2. The van der Waals surface area contributed by atoms with Crippen LogP contribution in [0.25, 0.3) is 11.1 Å². The highest BCUT2D eigenvalue weighted by Gasteiger charge is 2.39. The predicted molar refractivity (Wildman–Crippen MR) is 148 cm³/mol. The molecule has 0 radical (unpaired) electrons. The van der Waals surface area contributed by atoms with Crippen LogP contribution in [0.1, 0.15) is 53.7 Å². The number of halogens is 4.